The van der Waals surface area contributed by atoms with Crippen molar-refractivity contribution in [3.63, 3.8) is 0 Å². The summed E-state index contributed by atoms with van der Waals surface area (Å²) >= 11 is 0. The molecule has 8 nitrogen and oxygen atoms in total. The molecule has 4 N–H and O–H groups in total. The molecule has 4 rings (SSSR count). The molecule has 2 aliphatic heterocycles. The van der Waals surface area contributed by atoms with Crippen molar-refractivity contribution >= 4 is 17.2 Å². The molecule has 2 aromatic heterocycles. The number of pyridine rings is 1. The second-order valence-corrected chi connectivity index (χ2v) is 6.93. The van der Waals surface area contributed by atoms with Gasteiger partial charge in [-0.15, -0.1) is 0 Å². The number of nitrogens with zero attached hydrogens (tertiary/aromatic N) is 5. The van der Waals surface area contributed by atoms with Gasteiger partial charge in [-0.1, -0.05) is 6.58 Å². The Balaban J connectivity index is 1.51. The third kappa shape index (κ3) is 3.28. The zero-order valence-electron chi connectivity index (χ0n) is 16.0. The maximum absolute atomic E-state index is 6.21. The van der Waals surface area contributed by atoms with Crippen LogP contribution >= 0.6 is 0 Å². The van der Waals surface area contributed by atoms with E-state index in [0.29, 0.717) is 18.1 Å². The molecule has 4 heterocycles. The minimum atomic E-state index is 0.513. The van der Waals surface area contributed by atoms with Gasteiger partial charge in [0.25, 0.3) is 0 Å². The first-order chi connectivity index (χ1) is 13.6. The van der Waals surface area contributed by atoms with Gasteiger partial charge < -0.3 is 26.0 Å². The summed E-state index contributed by atoms with van der Waals surface area (Å²) in [7, 11) is 1.62. The first kappa shape index (κ1) is 18.0. The van der Waals surface area contributed by atoms with E-state index >= 15 is 0 Å². The standard InChI is InChI=1S/C20H25N7O/c1-14-17-12-27(20(22)6-5-19(21)25-7-3-4-8-25)24-18(17)13-26(14)15-9-16(28-2)11-23-10-15/h5-6,9-12H,1,3-4,7-8,13,21-22H2,2H3/b19-5+,20-6+. The lowest BCUT2D eigenvalue weighted by Crippen LogP contribution is -2.24. The molecular formula is C20H25N7O. The zero-order valence-corrected chi connectivity index (χ0v) is 16.0. The lowest BCUT2D eigenvalue weighted by molar-refractivity contribution is 0.413. The van der Waals surface area contributed by atoms with Crippen molar-refractivity contribution in [2.75, 3.05) is 25.1 Å². The van der Waals surface area contributed by atoms with Crippen molar-refractivity contribution in [2.45, 2.75) is 19.4 Å². The van der Waals surface area contributed by atoms with E-state index in [1.54, 1.807) is 30.3 Å². The Kier molecular flexibility index (Phi) is 4.68. The van der Waals surface area contributed by atoms with E-state index in [1.165, 1.54) is 12.8 Å². The van der Waals surface area contributed by atoms with Crippen molar-refractivity contribution in [1.29, 1.82) is 0 Å². The molecule has 1 fully saturated rings. The zero-order chi connectivity index (χ0) is 19.7. The molecule has 2 aromatic rings. The van der Waals surface area contributed by atoms with Gasteiger partial charge >= 0.3 is 0 Å². The topological polar surface area (TPSA) is 98.5 Å². The molecule has 0 bridgehead atoms. The summed E-state index contributed by atoms with van der Waals surface area (Å²) < 4.78 is 6.93. The summed E-state index contributed by atoms with van der Waals surface area (Å²) in [5.41, 5.74) is 16.0. The van der Waals surface area contributed by atoms with Gasteiger partial charge in [-0.05, 0) is 25.0 Å². The van der Waals surface area contributed by atoms with Gasteiger partial charge in [0.2, 0.25) is 0 Å². The van der Waals surface area contributed by atoms with Gasteiger partial charge in [0.05, 0.1) is 43.3 Å². The number of aromatic nitrogens is 3. The number of methoxy groups -OCH3 is 1. The number of likely N-dealkylation sites (tertiary alicyclic amines) is 1. The maximum Gasteiger partial charge on any atom is 0.139 e. The van der Waals surface area contributed by atoms with E-state index in [9.17, 15) is 0 Å². The van der Waals surface area contributed by atoms with E-state index < -0.39 is 0 Å². The molecule has 0 unspecified atom stereocenters. The predicted molar refractivity (Wildman–Crippen MR) is 110 cm³/mol. The van der Waals surface area contributed by atoms with Crippen molar-refractivity contribution in [3.8, 4) is 5.75 Å². The van der Waals surface area contributed by atoms with Gasteiger partial charge in [0.1, 0.15) is 11.6 Å². The Morgan fingerprint density at radius 1 is 1.18 bits per heavy atom. The molecule has 2 aliphatic rings. The van der Waals surface area contributed by atoms with E-state index in [-0.39, 0.29) is 0 Å². The van der Waals surface area contributed by atoms with Crippen molar-refractivity contribution in [3.05, 3.63) is 60.5 Å². The number of nitrogens with two attached hydrogens (primary N) is 2. The number of ether oxygens (including phenoxy) is 1. The van der Waals surface area contributed by atoms with Crippen LogP contribution in [-0.2, 0) is 6.54 Å². The number of hydrogen-bond acceptors (Lipinski definition) is 7. The van der Waals surface area contributed by atoms with E-state index in [4.69, 9.17) is 16.2 Å². The fourth-order valence-electron chi connectivity index (χ4n) is 3.53. The number of anilines is 1. The van der Waals surface area contributed by atoms with Crippen molar-refractivity contribution < 1.29 is 4.74 Å². The second kappa shape index (κ2) is 7.30. The normalized spacial score (nSPS) is 17.4. The number of rotatable bonds is 5. The SMILES string of the molecule is C=C1c2cn(/C(N)=C/C=C(\N)N3CCCC3)nc2CN1c1cncc(OC)c1. The molecular weight excluding hydrogens is 354 g/mol. The fraction of sp³-hybridized carbons (Fsp3) is 0.300. The summed E-state index contributed by atoms with van der Waals surface area (Å²) in [6, 6.07) is 1.93. The van der Waals surface area contributed by atoms with Crippen LogP contribution in [-0.4, -0.2) is 39.9 Å². The van der Waals surface area contributed by atoms with Crippen LogP contribution in [0.4, 0.5) is 5.69 Å². The van der Waals surface area contributed by atoms with E-state index in [0.717, 1.165) is 41.6 Å². The summed E-state index contributed by atoms with van der Waals surface area (Å²) in [5.74, 6) is 1.95. The Morgan fingerprint density at radius 2 is 1.93 bits per heavy atom. The molecule has 0 radical (unpaired) electrons. The summed E-state index contributed by atoms with van der Waals surface area (Å²) in [5, 5.41) is 4.62. The molecule has 0 amide bonds. The molecule has 0 aliphatic carbocycles. The highest BCUT2D eigenvalue weighted by Crippen LogP contribution is 2.36. The van der Waals surface area contributed by atoms with Crippen molar-refractivity contribution in [2.24, 2.45) is 11.5 Å². The lowest BCUT2D eigenvalue weighted by atomic mass is 10.2. The third-order valence-corrected chi connectivity index (χ3v) is 5.14. The third-order valence-electron chi connectivity index (χ3n) is 5.14. The average Bonchev–Trinajstić information content (AvgIpc) is 3.44. The highest BCUT2D eigenvalue weighted by Gasteiger charge is 2.27. The summed E-state index contributed by atoms with van der Waals surface area (Å²) in [6.45, 7) is 6.82. The van der Waals surface area contributed by atoms with Crippen LogP contribution in [0.5, 0.6) is 5.75 Å². The van der Waals surface area contributed by atoms with Crippen LogP contribution in [0.2, 0.25) is 0 Å². The van der Waals surface area contributed by atoms with Crippen LogP contribution in [0.25, 0.3) is 11.5 Å². The van der Waals surface area contributed by atoms with Crippen LogP contribution in [0.1, 0.15) is 24.1 Å². The van der Waals surface area contributed by atoms with Crippen LogP contribution in [0.3, 0.4) is 0 Å². The predicted octanol–water partition coefficient (Wildman–Crippen LogP) is 1.93. The summed E-state index contributed by atoms with van der Waals surface area (Å²) in [6.07, 6.45) is 11.4. The number of fused-ring (bicyclic) bond motifs is 1. The van der Waals surface area contributed by atoms with Crippen LogP contribution in [0, 0.1) is 0 Å². The van der Waals surface area contributed by atoms with Crippen LogP contribution in [0.15, 0.2) is 49.2 Å². The molecule has 146 valence electrons. The molecule has 0 saturated carbocycles. The van der Waals surface area contributed by atoms with Gasteiger partial charge in [-0.3, -0.25) is 4.98 Å². The Bertz CT molecular complexity index is 953. The molecule has 1 saturated heterocycles. The second-order valence-electron chi connectivity index (χ2n) is 6.93. The Hall–Kier alpha value is -3.42. The highest BCUT2D eigenvalue weighted by atomic mass is 16.5. The highest BCUT2D eigenvalue weighted by molar-refractivity contribution is 5.83. The van der Waals surface area contributed by atoms with Gasteiger partial charge in [-0.2, -0.15) is 5.10 Å². The van der Waals surface area contributed by atoms with E-state index in [2.05, 4.69) is 26.5 Å². The fourth-order valence-corrected chi connectivity index (χ4v) is 3.53. The maximum atomic E-state index is 6.21. The monoisotopic (exact) mass is 379 g/mol. The minimum absolute atomic E-state index is 0.513. The quantitative estimate of drug-likeness (QED) is 0.766. The molecule has 8 heteroatoms. The van der Waals surface area contributed by atoms with Crippen molar-refractivity contribution in [1.82, 2.24) is 19.7 Å². The van der Waals surface area contributed by atoms with Crippen LogP contribution < -0.4 is 21.1 Å². The Morgan fingerprint density at radius 3 is 2.64 bits per heavy atom. The summed E-state index contributed by atoms with van der Waals surface area (Å²) in [4.78, 5) is 8.44. The molecule has 0 atom stereocenters. The Labute approximate surface area is 164 Å². The smallest absolute Gasteiger partial charge is 0.139 e. The largest absolute Gasteiger partial charge is 0.495 e. The van der Waals surface area contributed by atoms with Gasteiger partial charge in [-0.25, -0.2) is 4.68 Å². The average molecular weight is 379 g/mol. The van der Waals surface area contributed by atoms with Gasteiger partial charge in [0, 0.05) is 36.6 Å². The first-order valence-electron chi connectivity index (χ1n) is 9.29. The lowest BCUT2D eigenvalue weighted by Gasteiger charge is -2.19. The minimum Gasteiger partial charge on any atom is -0.495 e. The molecule has 0 aromatic carbocycles. The molecule has 0 spiro atoms. The number of allylic oxidation sites excluding steroid dienone is 2. The number of hydrogen-bond donors (Lipinski definition) is 2. The molecule has 28 heavy (non-hydrogen) atoms. The van der Waals surface area contributed by atoms with E-state index in [1.807, 2.05) is 18.3 Å². The first-order valence-corrected chi connectivity index (χ1v) is 9.29. The van der Waals surface area contributed by atoms with Gasteiger partial charge in [0.15, 0.2) is 0 Å².